The van der Waals surface area contributed by atoms with Crippen molar-refractivity contribution in [2.45, 2.75) is 6.10 Å². The number of hydrogen-bond acceptors (Lipinski definition) is 4. The van der Waals surface area contributed by atoms with Crippen molar-refractivity contribution >= 4 is 17.9 Å². The highest BCUT2D eigenvalue weighted by atomic mass is 16.5. The lowest BCUT2D eigenvalue weighted by Gasteiger charge is -2.18. The van der Waals surface area contributed by atoms with Gasteiger partial charge in [-0.05, 0) is 23.8 Å². The van der Waals surface area contributed by atoms with E-state index in [-0.39, 0.29) is 19.1 Å². The van der Waals surface area contributed by atoms with Crippen molar-refractivity contribution in [1.29, 1.82) is 0 Å². The number of aliphatic hydroxyl groups excluding tert-OH is 1. The first-order valence-electron chi connectivity index (χ1n) is 6.44. The molecule has 21 heavy (non-hydrogen) atoms. The molecule has 0 radical (unpaired) electrons. The van der Waals surface area contributed by atoms with Crippen LogP contribution in [0.15, 0.2) is 30.3 Å². The van der Waals surface area contributed by atoms with E-state index in [1.807, 2.05) is 0 Å². The van der Waals surface area contributed by atoms with E-state index >= 15 is 0 Å². The van der Waals surface area contributed by atoms with E-state index in [1.165, 1.54) is 18.1 Å². The Balaban J connectivity index is 2.58. The number of nitrogens with two attached hydrogens (primary N) is 1. The van der Waals surface area contributed by atoms with Gasteiger partial charge in [0.15, 0.2) is 0 Å². The number of primary amides is 1. The summed E-state index contributed by atoms with van der Waals surface area (Å²) >= 11 is 0. The molecule has 6 heteroatoms. The Morgan fingerprint density at radius 1 is 1.38 bits per heavy atom. The molecule has 114 valence electrons. The van der Waals surface area contributed by atoms with Crippen LogP contribution in [0.1, 0.15) is 15.9 Å². The smallest absolute Gasteiger partial charge is 0.248 e. The highest BCUT2D eigenvalue weighted by molar-refractivity contribution is 5.94. The Kier molecular flexibility index (Phi) is 6.58. The Morgan fingerprint density at radius 3 is 2.52 bits per heavy atom. The highest BCUT2D eigenvalue weighted by Gasteiger charge is 2.11. The van der Waals surface area contributed by atoms with E-state index in [4.69, 9.17) is 10.5 Å². The zero-order valence-corrected chi connectivity index (χ0v) is 12.2. The second-order valence-corrected chi connectivity index (χ2v) is 4.65. The summed E-state index contributed by atoms with van der Waals surface area (Å²) in [5.74, 6) is -0.724. The number of hydrogen-bond donors (Lipinski definition) is 2. The summed E-state index contributed by atoms with van der Waals surface area (Å²) in [6, 6.07) is 6.59. The molecule has 1 aromatic carbocycles. The number of benzene rings is 1. The number of likely N-dealkylation sites (N-methyl/N-ethyl adjacent to an activating group) is 1. The average molecular weight is 292 g/mol. The van der Waals surface area contributed by atoms with Crippen LogP contribution in [0.25, 0.3) is 6.08 Å². The monoisotopic (exact) mass is 292 g/mol. The normalized spacial score (nSPS) is 12.3. The number of methoxy groups -OCH3 is 1. The summed E-state index contributed by atoms with van der Waals surface area (Å²) < 4.78 is 4.80. The van der Waals surface area contributed by atoms with Gasteiger partial charge in [-0.25, -0.2) is 0 Å². The number of ether oxygens (including phenoxy) is 1. The molecule has 1 unspecified atom stereocenters. The Hall–Kier alpha value is -2.18. The van der Waals surface area contributed by atoms with E-state index in [9.17, 15) is 14.7 Å². The van der Waals surface area contributed by atoms with Gasteiger partial charge in [-0.3, -0.25) is 9.59 Å². The van der Waals surface area contributed by atoms with Crippen molar-refractivity contribution in [3.63, 3.8) is 0 Å². The summed E-state index contributed by atoms with van der Waals surface area (Å²) in [5.41, 5.74) is 6.34. The first-order valence-corrected chi connectivity index (χ1v) is 6.44. The average Bonchev–Trinajstić information content (AvgIpc) is 2.45. The first-order chi connectivity index (χ1) is 9.93. The SMILES string of the molecule is COCC(O)CN(C)C(=O)C=Cc1ccc(C(N)=O)cc1. The van der Waals surface area contributed by atoms with Gasteiger partial charge in [-0.1, -0.05) is 12.1 Å². The molecule has 1 aromatic rings. The van der Waals surface area contributed by atoms with Gasteiger partial charge in [0.2, 0.25) is 11.8 Å². The number of amides is 2. The lowest BCUT2D eigenvalue weighted by molar-refractivity contribution is -0.126. The molecule has 2 amide bonds. The van der Waals surface area contributed by atoms with Gasteiger partial charge < -0.3 is 20.5 Å². The maximum atomic E-state index is 11.8. The molecule has 0 aliphatic rings. The molecule has 0 heterocycles. The fourth-order valence-electron chi connectivity index (χ4n) is 1.70. The predicted octanol–water partition coefficient (Wildman–Crippen LogP) is 0.264. The second kappa shape index (κ2) is 8.18. The maximum absolute atomic E-state index is 11.8. The molecule has 3 N–H and O–H groups in total. The number of aliphatic hydroxyl groups is 1. The third-order valence-electron chi connectivity index (χ3n) is 2.83. The summed E-state index contributed by atoms with van der Waals surface area (Å²) in [5, 5.41) is 9.55. The van der Waals surface area contributed by atoms with Crippen LogP contribution in [-0.4, -0.2) is 55.2 Å². The molecule has 0 aliphatic heterocycles. The minimum atomic E-state index is -0.716. The largest absolute Gasteiger partial charge is 0.389 e. The predicted molar refractivity (Wildman–Crippen MR) is 79.5 cm³/mol. The molecule has 0 saturated carbocycles. The molecular formula is C15H20N2O4. The zero-order valence-electron chi connectivity index (χ0n) is 12.2. The standard InChI is InChI=1S/C15H20N2O4/c1-17(9-13(18)10-21-2)14(19)8-5-11-3-6-12(7-4-11)15(16)20/h3-8,13,18H,9-10H2,1-2H3,(H2,16,20). The molecule has 0 aliphatic carbocycles. The fourth-order valence-corrected chi connectivity index (χ4v) is 1.70. The van der Waals surface area contributed by atoms with Crippen LogP contribution < -0.4 is 5.73 Å². The van der Waals surface area contributed by atoms with Crippen LogP contribution >= 0.6 is 0 Å². The lowest BCUT2D eigenvalue weighted by atomic mass is 10.1. The van der Waals surface area contributed by atoms with Crippen LogP contribution in [0.4, 0.5) is 0 Å². The maximum Gasteiger partial charge on any atom is 0.248 e. The fraction of sp³-hybridized carbons (Fsp3) is 0.333. The summed E-state index contributed by atoms with van der Waals surface area (Å²) in [4.78, 5) is 24.2. The number of carbonyl (C=O) groups is 2. The Morgan fingerprint density at radius 2 is 2.00 bits per heavy atom. The van der Waals surface area contributed by atoms with Crippen molar-refractivity contribution in [3.05, 3.63) is 41.5 Å². The van der Waals surface area contributed by atoms with Gasteiger partial charge in [0.25, 0.3) is 0 Å². The van der Waals surface area contributed by atoms with E-state index in [2.05, 4.69) is 0 Å². The number of carbonyl (C=O) groups excluding carboxylic acids is 2. The molecule has 6 nitrogen and oxygen atoms in total. The van der Waals surface area contributed by atoms with Crippen LogP contribution in [0, 0.1) is 0 Å². The zero-order chi connectivity index (χ0) is 15.8. The van der Waals surface area contributed by atoms with Crippen molar-refractivity contribution in [1.82, 2.24) is 4.90 Å². The van der Waals surface area contributed by atoms with Gasteiger partial charge >= 0.3 is 0 Å². The van der Waals surface area contributed by atoms with Gasteiger partial charge in [-0.2, -0.15) is 0 Å². The number of nitrogens with zero attached hydrogens (tertiary/aromatic N) is 1. The Labute approximate surface area is 123 Å². The quantitative estimate of drug-likeness (QED) is 0.705. The lowest BCUT2D eigenvalue weighted by Crippen LogP contribution is -2.35. The van der Waals surface area contributed by atoms with Crippen molar-refractivity contribution in [2.75, 3.05) is 27.3 Å². The topological polar surface area (TPSA) is 92.9 Å². The van der Waals surface area contributed by atoms with Gasteiger partial charge in [0.05, 0.1) is 12.7 Å². The van der Waals surface area contributed by atoms with E-state index < -0.39 is 12.0 Å². The van der Waals surface area contributed by atoms with Crippen molar-refractivity contribution < 1.29 is 19.4 Å². The van der Waals surface area contributed by atoms with E-state index in [0.29, 0.717) is 5.56 Å². The summed E-state index contributed by atoms with van der Waals surface area (Å²) in [6.07, 6.45) is 2.32. The van der Waals surface area contributed by atoms with Crippen molar-refractivity contribution in [3.8, 4) is 0 Å². The first kappa shape index (κ1) is 16.9. The van der Waals surface area contributed by atoms with Crippen LogP contribution in [-0.2, 0) is 9.53 Å². The van der Waals surface area contributed by atoms with E-state index in [0.717, 1.165) is 5.56 Å². The molecular weight excluding hydrogens is 272 g/mol. The third kappa shape index (κ3) is 5.76. The Bertz CT molecular complexity index is 511. The molecule has 0 saturated heterocycles. The molecule has 0 fully saturated rings. The molecule has 1 atom stereocenters. The molecule has 0 bridgehead atoms. The minimum absolute atomic E-state index is 0.177. The van der Waals surface area contributed by atoms with E-state index in [1.54, 1.807) is 37.4 Å². The van der Waals surface area contributed by atoms with Crippen molar-refractivity contribution in [2.24, 2.45) is 5.73 Å². The second-order valence-electron chi connectivity index (χ2n) is 4.65. The number of rotatable bonds is 7. The van der Waals surface area contributed by atoms with Crippen LogP contribution in [0.3, 0.4) is 0 Å². The highest BCUT2D eigenvalue weighted by Crippen LogP contribution is 2.06. The van der Waals surface area contributed by atoms with Gasteiger partial charge in [-0.15, -0.1) is 0 Å². The summed E-state index contributed by atoms with van der Waals surface area (Å²) in [7, 11) is 3.09. The molecule has 0 aromatic heterocycles. The van der Waals surface area contributed by atoms with Crippen LogP contribution in [0.2, 0.25) is 0 Å². The van der Waals surface area contributed by atoms with Gasteiger partial charge in [0.1, 0.15) is 0 Å². The van der Waals surface area contributed by atoms with Gasteiger partial charge in [0, 0.05) is 32.3 Å². The van der Waals surface area contributed by atoms with Crippen LogP contribution in [0.5, 0.6) is 0 Å². The third-order valence-corrected chi connectivity index (χ3v) is 2.83. The summed E-state index contributed by atoms with van der Waals surface area (Å²) in [6.45, 7) is 0.369. The molecule has 1 rings (SSSR count). The minimum Gasteiger partial charge on any atom is -0.389 e. The molecule has 0 spiro atoms.